The van der Waals surface area contributed by atoms with Gasteiger partial charge in [0.2, 0.25) is 10.0 Å². The standard InChI is InChI=1S/C21H19BrN2O3S/c1-28(26,27)24(15-16-7-3-2-4-8-16)20-10-6-5-9-19(20)21(25)23-18-13-11-17(22)12-14-18/h2-14H,15H2,1H3,(H,23,25). The lowest BCUT2D eigenvalue weighted by molar-refractivity contribution is 0.102. The van der Waals surface area contributed by atoms with Crippen LogP contribution in [0.1, 0.15) is 15.9 Å². The lowest BCUT2D eigenvalue weighted by atomic mass is 10.1. The molecule has 0 heterocycles. The first-order valence-corrected chi connectivity index (χ1v) is 11.2. The molecule has 3 aromatic carbocycles. The SMILES string of the molecule is CS(=O)(=O)N(Cc1ccccc1)c1ccccc1C(=O)Nc1ccc(Br)cc1. The number of amides is 1. The molecule has 0 spiro atoms. The molecule has 0 aliphatic rings. The highest BCUT2D eigenvalue weighted by Gasteiger charge is 2.23. The van der Waals surface area contributed by atoms with E-state index in [0.717, 1.165) is 16.3 Å². The Hall–Kier alpha value is -2.64. The molecule has 0 unspecified atom stereocenters. The van der Waals surface area contributed by atoms with Crippen LogP contribution >= 0.6 is 15.9 Å². The minimum Gasteiger partial charge on any atom is -0.322 e. The Balaban J connectivity index is 1.96. The van der Waals surface area contributed by atoms with E-state index in [2.05, 4.69) is 21.2 Å². The Kier molecular flexibility index (Phi) is 6.16. The van der Waals surface area contributed by atoms with Crippen molar-refractivity contribution in [1.82, 2.24) is 0 Å². The normalized spacial score (nSPS) is 11.1. The van der Waals surface area contributed by atoms with E-state index >= 15 is 0 Å². The number of nitrogens with zero attached hydrogens (tertiary/aromatic N) is 1. The van der Waals surface area contributed by atoms with Gasteiger partial charge in [0.25, 0.3) is 5.91 Å². The second-order valence-electron chi connectivity index (χ2n) is 6.23. The van der Waals surface area contributed by atoms with Gasteiger partial charge in [-0.3, -0.25) is 9.10 Å². The number of sulfonamides is 1. The summed E-state index contributed by atoms with van der Waals surface area (Å²) in [5.74, 6) is -0.375. The maximum atomic E-state index is 12.9. The maximum absolute atomic E-state index is 12.9. The Labute approximate surface area is 173 Å². The summed E-state index contributed by atoms with van der Waals surface area (Å²) in [7, 11) is -3.60. The highest BCUT2D eigenvalue weighted by Crippen LogP contribution is 2.26. The fourth-order valence-corrected chi connectivity index (χ4v) is 3.91. The van der Waals surface area contributed by atoms with E-state index < -0.39 is 10.0 Å². The van der Waals surface area contributed by atoms with Gasteiger partial charge in [-0.1, -0.05) is 58.4 Å². The molecule has 1 N–H and O–H groups in total. The van der Waals surface area contributed by atoms with Gasteiger partial charge < -0.3 is 5.32 Å². The zero-order valence-electron chi connectivity index (χ0n) is 15.2. The Morgan fingerprint density at radius 3 is 2.18 bits per heavy atom. The Bertz CT molecular complexity index is 1070. The predicted molar refractivity (Wildman–Crippen MR) is 116 cm³/mol. The van der Waals surface area contributed by atoms with Gasteiger partial charge in [-0.15, -0.1) is 0 Å². The van der Waals surface area contributed by atoms with Gasteiger partial charge in [0.15, 0.2) is 0 Å². The second kappa shape index (κ2) is 8.58. The molecule has 0 aliphatic heterocycles. The molecule has 7 heteroatoms. The van der Waals surface area contributed by atoms with Gasteiger partial charge >= 0.3 is 0 Å². The molecule has 3 rings (SSSR count). The van der Waals surface area contributed by atoms with Crippen LogP contribution in [0.3, 0.4) is 0 Å². The summed E-state index contributed by atoms with van der Waals surface area (Å²) < 4.78 is 27.1. The van der Waals surface area contributed by atoms with Crippen molar-refractivity contribution in [3.05, 3.63) is 94.5 Å². The van der Waals surface area contributed by atoms with E-state index in [0.29, 0.717) is 11.4 Å². The molecule has 0 aromatic heterocycles. The number of nitrogens with one attached hydrogen (secondary N) is 1. The molecular weight excluding hydrogens is 440 g/mol. The summed E-state index contributed by atoms with van der Waals surface area (Å²) in [5.41, 5.74) is 2.07. The summed E-state index contributed by atoms with van der Waals surface area (Å²) in [4.78, 5) is 12.9. The van der Waals surface area contributed by atoms with Gasteiger partial charge in [-0.2, -0.15) is 0 Å². The molecule has 0 atom stereocenters. The van der Waals surface area contributed by atoms with Crippen molar-refractivity contribution in [3.63, 3.8) is 0 Å². The van der Waals surface area contributed by atoms with Crippen molar-refractivity contribution in [3.8, 4) is 0 Å². The lowest BCUT2D eigenvalue weighted by Gasteiger charge is -2.24. The monoisotopic (exact) mass is 458 g/mol. The molecule has 0 bridgehead atoms. The zero-order chi connectivity index (χ0) is 20.1. The first kappa shape index (κ1) is 20.1. The van der Waals surface area contributed by atoms with Crippen LogP contribution in [-0.4, -0.2) is 20.6 Å². The van der Waals surface area contributed by atoms with E-state index in [1.165, 1.54) is 4.31 Å². The van der Waals surface area contributed by atoms with Crippen molar-refractivity contribution in [2.45, 2.75) is 6.54 Å². The molecule has 0 saturated carbocycles. The highest BCUT2D eigenvalue weighted by molar-refractivity contribution is 9.10. The zero-order valence-corrected chi connectivity index (χ0v) is 17.6. The van der Waals surface area contributed by atoms with Crippen LogP contribution in [-0.2, 0) is 16.6 Å². The average Bonchev–Trinajstić information content (AvgIpc) is 2.68. The van der Waals surface area contributed by atoms with Crippen molar-refractivity contribution >= 4 is 43.2 Å². The summed E-state index contributed by atoms with van der Waals surface area (Å²) in [6, 6.07) is 23.1. The van der Waals surface area contributed by atoms with E-state index in [9.17, 15) is 13.2 Å². The smallest absolute Gasteiger partial charge is 0.257 e. The molecule has 0 fully saturated rings. The second-order valence-corrected chi connectivity index (χ2v) is 9.06. The number of para-hydroxylation sites is 1. The van der Waals surface area contributed by atoms with E-state index in [1.54, 1.807) is 36.4 Å². The number of carbonyl (C=O) groups is 1. The van der Waals surface area contributed by atoms with Crippen molar-refractivity contribution in [2.75, 3.05) is 15.9 Å². The molecule has 3 aromatic rings. The average molecular weight is 459 g/mol. The van der Waals surface area contributed by atoms with E-state index in [-0.39, 0.29) is 18.0 Å². The first-order chi connectivity index (χ1) is 13.3. The maximum Gasteiger partial charge on any atom is 0.257 e. The van der Waals surface area contributed by atoms with Crippen LogP contribution in [0.2, 0.25) is 0 Å². The number of hydrogen-bond donors (Lipinski definition) is 1. The molecule has 144 valence electrons. The minimum absolute atomic E-state index is 0.141. The van der Waals surface area contributed by atoms with Crippen LogP contribution in [0.4, 0.5) is 11.4 Å². The number of rotatable bonds is 6. The van der Waals surface area contributed by atoms with Crippen molar-refractivity contribution < 1.29 is 13.2 Å². The van der Waals surface area contributed by atoms with Gasteiger partial charge in [-0.25, -0.2) is 8.42 Å². The van der Waals surface area contributed by atoms with Gasteiger partial charge in [0.05, 0.1) is 24.1 Å². The summed E-state index contributed by atoms with van der Waals surface area (Å²) in [6.45, 7) is 0.141. The quantitative estimate of drug-likeness (QED) is 0.583. The van der Waals surface area contributed by atoms with Gasteiger partial charge in [0.1, 0.15) is 0 Å². The van der Waals surface area contributed by atoms with Crippen LogP contribution in [0, 0.1) is 0 Å². The molecule has 0 radical (unpaired) electrons. The van der Waals surface area contributed by atoms with Gasteiger partial charge in [-0.05, 0) is 42.0 Å². The molecule has 28 heavy (non-hydrogen) atoms. The van der Waals surface area contributed by atoms with E-state index in [1.807, 2.05) is 42.5 Å². The molecule has 0 aliphatic carbocycles. The molecule has 0 saturated heterocycles. The molecule has 5 nitrogen and oxygen atoms in total. The summed E-state index contributed by atoms with van der Waals surface area (Å²) in [5, 5.41) is 2.81. The minimum atomic E-state index is -3.60. The van der Waals surface area contributed by atoms with Crippen molar-refractivity contribution in [2.24, 2.45) is 0 Å². The van der Waals surface area contributed by atoms with E-state index in [4.69, 9.17) is 0 Å². The largest absolute Gasteiger partial charge is 0.322 e. The summed E-state index contributed by atoms with van der Waals surface area (Å²) in [6.07, 6.45) is 1.14. The Morgan fingerprint density at radius 2 is 1.54 bits per heavy atom. The third-order valence-corrected chi connectivity index (χ3v) is 5.74. The summed E-state index contributed by atoms with van der Waals surface area (Å²) >= 11 is 3.35. The number of benzene rings is 3. The van der Waals surface area contributed by atoms with Crippen LogP contribution < -0.4 is 9.62 Å². The third kappa shape index (κ3) is 4.99. The topological polar surface area (TPSA) is 66.5 Å². The predicted octanol–water partition coefficient (Wildman–Crippen LogP) is 4.67. The third-order valence-electron chi connectivity index (χ3n) is 4.09. The van der Waals surface area contributed by atoms with Crippen LogP contribution in [0.25, 0.3) is 0 Å². The molecular formula is C21H19BrN2O3S. The fourth-order valence-electron chi connectivity index (χ4n) is 2.75. The number of halogens is 1. The fraction of sp³-hybridized carbons (Fsp3) is 0.0952. The Morgan fingerprint density at radius 1 is 0.929 bits per heavy atom. The highest BCUT2D eigenvalue weighted by atomic mass is 79.9. The number of carbonyl (C=O) groups excluding carboxylic acids is 1. The van der Waals surface area contributed by atoms with Crippen LogP contribution in [0.15, 0.2) is 83.3 Å². The number of hydrogen-bond acceptors (Lipinski definition) is 3. The van der Waals surface area contributed by atoms with Crippen molar-refractivity contribution in [1.29, 1.82) is 0 Å². The lowest BCUT2D eigenvalue weighted by Crippen LogP contribution is -2.31. The number of anilines is 2. The first-order valence-electron chi connectivity index (χ1n) is 8.52. The van der Waals surface area contributed by atoms with Crippen LogP contribution in [0.5, 0.6) is 0 Å². The molecule has 1 amide bonds. The van der Waals surface area contributed by atoms with Gasteiger partial charge in [0, 0.05) is 10.2 Å².